The second-order valence-electron chi connectivity index (χ2n) is 3.82. The minimum absolute atomic E-state index is 0.887. The number of hydrogen-bond acceptors (Lipinski definition) is 8. The highest BCUT2D eigenvalue weighted by atomic mass is 31.2. The highest BCUT2D eigenvalue weighted by Crippen LogP contribution is 2.36. The highest BCUT2D eigenvalue weighted by molar-refractivity contribution is 7.46. The molecular weight excluding hydrogens is 275 g/mol. The van der Waals surface area contributed by atoms with E-state index >= 15 is 0 Å². The van der Waals surface area contributed by atoms with Crippen molar-refractivity contribution in [3.63, 3.8) is 0 Å². The lowest BCUT2D eigenvalue weighted by Crippen LogP contribution is -2.61. The molecule has 0 spiro atoms. The zero-order valence-electron chi connectivity index (χ0n) is 8.97. The summed E-state index contributed by atoms with van der Waals surface area (Å²) in [5.41, 5.74) is 0. The molecule has 1 rings (SSSR count). The summed E-state index contributed by atoms with van der Waals surface area (Å²) in [4.78, 5) is 16.8. The molecule has 6 atom stereocenters. The molecule has 7 N–H and O–H groups in total. The van der Waals surface area contributed by atoms with E-state index in [0.29, 0.717) is 0 Å². The van der Waals surface area contributed by atoms with E-state index in [9.17, 15) is 19.9 Å². The van der Waals surface area contributed by atoms with Crippen molar-refractivity contribution >= 4 is 7.82 Å². The Balaban J connectivity index is 2.62. The summed E-state index contributed by atoms with van der Waals surface area (Å²) in [5.74, 6) is 0. The molecular formula is C7H15O10P. The second kappa shape index (κ2) is 5.88. The summed E-state index contributed by atoms with van der Waals surface area (Å²) < 4.78 is 19.0. The molecule has 0 aromatic rings. The first kappa shape index (κ1) is 15.9. The van der Waals surface area contributed by atoms with Crippen LogP contribution in [0.2, 0.25) is 0 Å². The molecule has 0 amide bonds. The Bertz CT molecular complexity index is 317. The van der Waals surface area contributed by atoms with Gasteiger partial charge in [-0.15, -0.1) is 0 Å². The summed E-state index contributed by atoms with van der Waals surface area (Å²) in [7, 11) is -4.80. The predicted octanol–water partition coefficient (Wildman–Crippen LogP) is -3.74. The molecule has 1 fully saturated rings. The van der Waals surface area contributed by atoms with Crippen molar-refractivity contribution in [2.75, 3.05) is 6.61 Å². The van der Waals surface area contributed by atoms with Gasteiger partial charge in [-0.1, -0.05) is 0 Å². The van der Waals surface area contributed by atoms with Crippen molar-refractivity contribution in [3.05, 3.63) is 0 Å². The van der Waals surface area contributed by atoms with Crippen LogP contribution in [-0.2, 0) is 13.8 Å². The highest BCUT2D eigenvalue weighted by Gasteiger charge is 2.46. The average molecular weight is 290 g/mol. The van der Waals surface area contributed by atoms with Gasteiger partial charge in [0.15, 0.2) is 6.29 Å². The molecule has 10 nitrogen and oxygen atoms in total. The van der Waals surface area contributed by atoms with Crippen molar-refractivity contribution in [2.24, 2.45) is 0 Å². The lowest BCUT2D eigenvalue weighted by molar-refractivity contribution is -0.298. The SMILES string of the molecule is O=P(O)(O)OC[C@@H](O)C1O[C@H](O)C(O)[C@@H](O)[C@@H]1O. The van der Waals surface area contributed by atoms with Gasteiger partial charge in [-0.05, 0) is 0 Å². The van der Waals surface area contributed by atoms with E-state index in [4.69, 9.17) is 20.0 Å². The largest absolute Gasteiger partial charge is 0.469 e. The fourth-order valence-corrected chi connectivity index (χ4v) is 1.82. The summed E-state index contributed by atoms with van der Waals surface area (Å²) in [6, 6.07) is 0. The van der Waals surface area contributed by atoms with E-state index in [0.717, 1.165) is 0 Å². The molecule has 0 bridgehead atoms. The van der Waals surface area contributed by atoms with E-state index < -0.39 is 51.2 Å². The van der Waals surface area contributed by atoms with E-state index in [1.807, 2.05) is 0 Å². The van der Waals surface area contributed by atoms with Crippen LogP contribution in [0.15, 0.2) is 0 Å². The minimum atomic E-state index is -4.80. The van der Waals surface area contributed by atoms with Crippen LogP contribution in [0.5, 0.6) is 0 Å². The van der Waals surface area contributed by atoms with Crippen LogP contribution in [0.1, 0.15) is 0 Å². The van der Waals surface area contributed by atoms with Gasteiger partial charge in [-0.2, -0.15) is 0 Å². The van der Waals surface area contributed by atoms with Crippen molar-refractivity contribution in [3.8, 4) is 0 Å². The smallest absolute Gasteiger partial charge is 0.388 e. The Labute approximate surface area is 101 Å². The molecule has 0 aliphatic carbocycles. The van der Waals surface area contributed by atoms with Crippen molar-refractivity contribution in [2.45, 2.75) is 36.8 Å². The minimum Gasteiger partial charge on any atom is -0.388 e. The maximum absolute atomic E-state index is 10.4. The maximum Gasteiger partial charge on any atom is 0.469 e. The quantitative estimate of drug-likeness (QED) is 0.254. The zero-order chi connectivity index (χ0) is 14.1. The third-order valence-electron chi connectivity index (χ3n) is 2.42. The van der Waals surface area contributed by atoms with Gasteiger partial charge in [-0.25, -0.2) is 4.57 Å². The summed E-state index contributed by atoms with van der Waals surface area (Å²) in [6.45, 7) is -0.887. The molecule has 11 heteroatoms. The summed E-state index contributed by atoms with van der Waals surface area (Å²) >= 11 is 0. The molecule has 18 heavy (non-hydrogen) atoms. The normalized spacial score (nSPS) is 39.6. The van der Waals surface area contributed by atoms with Crippen molar-refractivity contribution in [1.82, 2.24) is 0 Å². The molecule has 0 aromatic heterocycles. The number of aliphatic hydroxyl groups excluding tert-OH is 5. The third kappa shape index (κ3) is 3.93. The number of ether oxygens (including phenoxy) is 1. The average Bonchev–Trinajstić information content (AvgIpc) is 2.27. The Hall–Kier alpha value is -0.130. The Morgan fingerprint density at radius 1 is 1.11 bits per heavy atom. The first-order valence-electron chi connectivity index (χ1n) is 4.89. The molecule has 1 saturated heterocycles. The van der Waals surface area contributed by atoms with E-state index in [2.05, 4.69) is 9.26 Å². The molecule has 0 saturated carbocycles. The second-order valence-corrected chi connectivity index (χ2v) is 5.06. The van der Waals surface area contributed by atoms with Crippen molar-refractivity contribution < 1.29 is 49.1 Å². The summed E-state index contributed by atoms with van der Waals surface area (Å²) in [5, 5.41) is 46.6. The monoisotopic (exact) mass is 290 g/mol. The Kier molecular flexibility index (Phi) is 5.21. The van der Waals surface area contributed by atoms with Crippen molar-refractivity contribution in [1.29, 1.82) is 0 Å². The first-order chi connectivity index (χ1) is 8.13. The van der Waals surface area contributed by atoms with Crippen LogP contribution in [0.3, 0.4) is 0 Å². The van der Waals surface area contributed by atoms with E-state index in [1.165, 1.54) is 0 Å². The molecule has 1 aliphatic rings. The van der Waals surface area contributed by atoms with Crippen LogP contribution >= 0.6 is 7.82 Å². The van der Waals surface area contributed by atoms with Gasteiger partial charge in [0.25, 0.3) is 0 Å². The van der Waals surface area contributed by atoms with Gasteiger partial charge in [0.1, 0.15) is 30.5 Å². The van der Waals surface area contributed by atoms with Gasteiger partial charge in [0.05, 0.1) is 6.61 Å². The first-order valence-corrected chi connectivity index (χ1v) is 6.42. The lowest BCUT2D eigenvalue weighted by Gasteiger charge is -2.40. The van der Waals surface area contributed by atoms with E-state index in [1.54, 1.807) is 0 Å². The summed E-state index contributed by atoms with van der Waals surface area (Å²) in [6.07, 6.45) is -10.4. The molecule has 2 unspecified atom stereocenters. The molecule has 1 aliphatic heterocycles. The fraction of sp³-hybridized carbons (Fsp3) is 1.00. The van der Waals surface area contributed by atoms with Crippen LogP contribution in [0.4, 0.5) is 0 Å². The van der Waals surface area contributed by atoms with Gasteiger partial charge in [-0.3, -0.25) is 4.52 Å². The third-order valence-corrected chi connectivity index (χ3v) is 2.90. The van der Waals surface area contributed by atoms with Gasteiger partial charge < -0.3 is 40.1 Å². The number of hydrogen-bond donors (Lipinski definition) is 7. The predicted molar refractivity (Wildman–Crippen MR) is 52.9 cm³/mol. The number of phosphoric acid groups is 1. The standard InChI is InChI=1S/C7H15O10P/c8-2(1-16-18(13,14)15)6-4(10)3(9)5(11)7(12)17-6/h2-12H,1H2,(H2,13,14,15)/t2-,3+,4+,5?,6?,7+/m1/s1. The Morgan fingerprint density at radius 2 is 1.67 bits per heavy atom. The van der Waals surface area contributed by atoms with Crippen LogP contribution in [0.25, 0.3) is 0 Å². The molecule has 108 valence electrons. The molecule has 0 aromatic carbocycles. The van der Waals surface area contributed by atoms with E-state index in [-0.39, 0.29) is 0 Å². The molecule has 0 radical (unpaired) electrons. The fourth-order valence-electron chi connectivity index (χ4n) is 1.47. The lowest BCUT2D eigenvalue weighted by atomic mass is 9.96. The van der Waals surface area contributed by atoms with Gasteiger partial charge in [0.2, 0.25) is 0 Å². The maximum atomic E-state index is 10.4. The van der Waals surface area contributed by atoms with Crippen LogP contribution in [-0.4, -0.2) is 78.7 Å². The number of phosphoric ester groups is 1. The van der Waals surface area contributed by atoms with Gasteiger partial charge in [0, 0.05) is 0 Å². The number of rotatable bonds is 4. The zero-order valence-corrected chi connectivity index (χ0v) is 9.87. The Morgan fingerprint density at radius 3 is 2.17 bits per heavy atom. The molecule has 1 heterocycles. The number of aliphatic hydroxyl groups is 5. The van der Waals surface area contributed by atoms with Crippen LogP contribution in [0, 0.1) is 0 Å². The van der Waals surface area contributed by atoms with Gasteiger partial charge >= 0.3 is 7.82 Å². The van der Waals surface area contributed by atoms with Crippen LogP contribution < -0.4 is 0 Å². The topological polar surface area (TPSA) is 177 Å².